The second-order valence-corrected chi connectivity index (χ2v) is 4.91. The Kier molecular flexibility index (Phi) is 5.09. The first kappa shape index (κ1) is 15.2. The van der Waals surface area contributed by atoms with Crippen molar-refractivity contribution in [3.8, 4) is 6.07 Å². The highest BCUT2D eigenvalue weighted by Crippen LogP contribution is 2.20. The molecule has 21 heavy (non-hydrogen) atoms. The number of hydrogen-bond donors (Lipinski definition) is 1. The lowest BCUT2D eigenvalue weighted by Crippen LogP contribution is -2.10. The normalized spacial score (nSPS) is 11.7. The van der Waals surface area contributed by atoms with Crippen LogP contribution in [0.5, 0.6) is 0 Å². The van der Waals surface area contributed by atoms with Crippen LogP contribution in [-0.4, -0.2) is 17.1 Å². The maximum Gasteiger partial charge on any atom is 0.158 e. The first-order valence-electron chi connectivity index (χ1n) is 6.41. The minimum absolute atomic E-state index is 0.0269. The monoisotopic (exact) mass is 302 g/mol. The van der Waals surface area contributed by atoms with Crippen LogP contribution in [0.4, 0.5) is 5.82 Å². The van der Waals surface area contributed by atoms with Crippen LogP contribution in [0.1, 0.15) is 29.9 Å². The van der Waals surface area contributed by atoms with Gasteiger partial charge < -0.3 is 10.1 Å². The topological polar surface area (TPSA) is 70.8 Å². The molecule has 1 heterocycles. The summed E-state index contributed by atoms with van der Waals surface area (Å²) in [6.07, 6.45) is 0. The predicted molar refractivity (Wildman–Crippen MR) is 80.9 cm³/mol. The fraction of sp³-hybridized carbons (Fsp3) is 0.267. The molecule has 0 bridgehead atoms. The Balaban J connectivity index is 2.14. The molecule has 6 heteroatoms. The van der Waals surface area contributed by atoms with E-state index in [9.17, 15) is 0 Å². The number of nitrogens with one attached hydrogen (secondary N) is 1. The number of hydrogen-bond acceptors (Lipinski definition) is 5. The van der Waals surface area contributed by atoms with Crippen molar-refractivity contribution in [2.24, 2.45) is 0 Å². The van der Waals surface area contributed by atoms with Gasteiger partial charge in [-0.05, 0) is 24.6 Å². The molecule has 0 amide bonds. The van der Waals surface area contributed by atoms with Crippen molar-refractivity contribution in [2.45, 2.75) is 19.6 Å². The van der Waals surface area contributed by atoms with Crippen LogP contribution >= 0.6 is 11.6 Å². The van der Waals surface area contributed by atoms with Crippen molar-refractivity contribution in [3.05, 3.63) is 52.4 Å². The highest BCUT2D eigenvalue weighted by atomic mass is 35.5. The van der Waals surface area contributed by atoms with E-state index >= 15 is 0 Å². The van der Waals surface area contributed by atoms with E-state index in [0.29, 0.717) is 29.0 Å². The van der Waals surface area contributed by atoms with E-state index < -0.39 is 0 Å². The number of halogens is 1. The molecule has 108 valence electrons. The van der Waals surface area contributed by atoms with Gasteiger partial charge in [-0.1, -0.05) is 23.7 Å². The largest absolute Gasteiger partial charge is 0.377 e. The Morgan fingerprint density at radius 1 is 1.33 bits per heavy atom. The smallest absolute Gasteiger partial charge is 0.158 e. The molecule has 0 aliphatic heterocycles. The van der Waals surface area contributed by atoms with E-state index in [1.807, 2.05) is 19.1 Å². The van der Waals surface area contributed by atoms with Crippen molar-refractivity contribution < 1.29 is 4.74 Å². The summed E-state index contributed by atoms with van der Waals surface area (Å²) in [5, 5.41) is 12.4. The van der Waals surface area contributed by atoms with Gasteiger partial charge in [0.05, 0.1) is 11.6 Å². The number of nitrogens with zero attached hydrogens (tertiary/aromatic N) is 3. The van der Waals surface area contributed by atoms with Gasteiger partial charge in [-0.3, -0.25) is 0 Å². The van der Waals surface area contributed by atoms with Crippen molar-refractivity contribution in [1.29, 1.82) is 5.26 Å². The molecule has 5 nitrogen and oxygen atoms in total. The van der Waals surface area contributed by atoms with Crippen LogP contribution < -0.4 is 5.32 Å². The number of ether oxygens (including phenoxy) is 1. The summed E-state index contributed by atoms with van der Waals surface area (Å²) < 4.78 is 5.01. The number of aromatic nitrogens is 2. The number of rotatable bonds is 5. The van der Waals surface area contributed by atoms with Crippen LogP contribution in [0.2, 0.25) is 5.15 Å². The molecular weight excluding hydrogens is 288 g/mol. The van der Waals surface area contributed by atoms with Crippen molar-refractivity contribution in [3.63, 3.8) is 0 Å². The zero-order valence-corrected chi connectivity index (χ0v) is 12.6. The van der Waals surface area contributed by atoms with Gasteiger partial charge in [0.1, 0.15) is 17.6 Å². The molecule has 0 saturated carbocycles. The maximum atomic E-state index is 8.80. The highest BCUT2D eigenvalue weighted by molar-refractivity contribution is 6.29. The van der Waals surface area contributed by atoms with Gasteiger partial charge in [0.2, 0.25) is 0 Å². The second-order valence-electron chi connectivity index (χ2n) is 4.52. The first-order chi connectivity index (χ1) is 10.1. The number of nitriles is 1. The summed E-state index contributed by atoms with van der Waals surface area (Å²) in [5.41, 5.74) is 1.69. The molecule has 0 radical (unpaired) electrons. The Hall–Kier alpha value is -2.16. The van der Waals surface area contributed by atoms with E-state index in [4.69, 9.17) is 21.6 Å². The molecule has 0 saturated heterocycles. The average Bonchev–Trinajstić information content (AvgIpc) is 2.47. The lowest BCUT2D eigenvalue weighted by molar-refractivity contribution is 0.178. The minimum Gasteiger partial charge on any atom is -0.377 e. The molecule has 0 spiro atoms. The quantitative estimate of drug-likeness (QED) is 0.858. The number of methoxy groups -OCH3 is 1. The van der Waals surface area contributed by atoms with Crippen LogP contribution in [0.25, 0.3) is 0 Å². The molecule has 2 aromatic rings. The number of benzene rings is 1. The summed E-state index contributed by atoms with van der Waals surface area (Å²) >= 11 is 5.97. The van der Waals surface area contributed by atoms with E-state index in [-0.39, 0.29) is 6.04 Å². The van der Waals surface area contributed by atoms with Gasteiger partial charge in [0.25, 0.3) is 0 Å². The molecule has 1 aromatic carbocycles. The Morgan fingerprint density at radius 3 is 2.67 bits per heavy atom. The van der Waals surface area contributed by atoms with E-state index in [1.165, 1.54) is 0 Å². The zero-order chi connectivity index (χ0) is 15.2. The SMILES string of the molecule is COCc1nc(Cl)cc(NC(C)c2ccc(C#N)cc2)n1. The third-order valence-corrected chi connectivity index (χ3v) is 3.11. The molecule has 1 unspecified atom stereocenters. The van der Waals surface area contributed by atoms with Gasteiger partial charge in [0.15, 0.2) is 5.82 Å². The molecule has 0 fully saturated rings. The summed E-state index contributed by atoms with van der Waals surface area (Å²) in [7, 11) is 1.58. The molecule has 2 rings (SSSR count). The van der Waals surface area contributed by atoms with E-state index in [2.05, 4.69) is 21.4 Å². The third kappa shape index (κ3) is 4.15. The molecule has 1 atom stereocenters. The molecular formula is C15H15ClN4O. The molecule has 0 aliphatic carbocycles. The lowest BCUT2D eigenvalue weighted by Gasteiger charge is -2.15. The predicted octanol–water partition coefficient (Wildman–Crippen LogP) is 3.32. The maximum absolute atomic E-state index is 8.80. The van der Waals surface area contributed by atoms with Crippen LogP contribution in [-0.2, 0) is 11.3 Å². The Labute approximate surface area is 128 Å². The Bertz CT molecular complexity index is 652. The van der Waals surface area contributed by atoms with Gasteiger partial charge >= 0.3 is 0 Å². The summed E-state index contributed by atoms with van der Waals surface area (Å²) in [6, 6.07) is 11.2. The van der Waals surface area contributed by atoms with Gasteiger partial charge in [-0.2, -0.15) is 5.26 Å². The van der Waals surface area contributed by atoms with Gasteiger partial charge in [-0.25, -0.2) is 9.97 Å². The van der Waals surface area contributed by atoms with Gasteiger partial charge in [-0.15, -0.1) is 0 Å². The second kappa shape index (κ2) is 7.02. The lowest BCUT2D eigenvalue weighted by atomic mass is 10.1. The zero-order valence-electron chi connectivity index (χ0n) is 11.8. The first-order valence-corrected chi connectivity index (χ1v) is 6.79. The summed E-state index contributed by atoms with van der Waals surface area (Å²) in [4.78, 5) is 8.42. The third-order valence-electron chi connectivity index (χ3n) is 2.92. The van der Waals surface area contributed by atoms with E-state index in [0.717, 1.165) is 5.56 Å². The van der Waals surface area contributed by atoms with Crippen molar-refractivity contribution >= 4 is 17.4 Å². The molecule has 0 aliphatic rings. The fourth-order valence-electron chi connectivity index (χ4n) is 1.88. The Morgan fingerprint density at radius 2 is 2.05 bits per heavy atom. The highest BCUT2D eigenvalue weighted by Gasteiger charge is 2.09. The summed E-state index contributed by atoms with van der Waals surface area (Å²) in [5.74, 6) is 1.17. The van der Waals surface area contributed by atoms with E-state index in [1.54, 1.807) is 25.3 Å². The van der Waals surface area contributed by atoms with Crippen molar-refractivity contribution in [1.82, 2.24) is 9.97 Å². The fourth-order valence-corrected chi connectivity index (χ4v) is 2.08. The van der Waals surface area contributed by atoms with Crippen LogP contribution in [0, 0.1) is 11.3 Å². The van der Waals surface area contributed by atoms with Crippen LogP contribution in [0.15, 0.2) is 30.3 Å². The van der Waals surface area contributed by atoms with Crippen molar-refractivity contribution in [2.75, 3.05) is 12.4 Å². The molecule has 1 aromatic heterocycles. The number of anilines is 1. The standard InChI is InChI=1S/C15H15ClN4O/c1-10(12-5-3-11(8-17)4-6-12)18-14-7-13(16)19-15(20-14)9-21-2/h3-7,10H,9H2,1-2H3,(H,18,19,20). The van der Waals surface area contributed by atoms with Crippen LogP contribution in [0.3, 0.4) is 0 Å². The average molecular weight is 303 g/mol. The minimum atomic E-state index is 0.0269. The molecule has 1 N–H and O–H groups in total. The van der Waals surface area contributed by atoms with Gasteiger partial charge in [0, 0.05) is 19.2 Å². The summed E-state index contributed by atoms with van der Waals surface area (Å²) in [6.45, 7) is 2.31.